The van der Waals surface area contributed by atoms with E-state index in [-0.39, 0.29) is 6.04 Å². The monoisotopic (exact) mass is 313 g/mol. The van der Waals surface area contributed by atoms with E-state index < -0.39 is 0 Å². The first-order valence-electron chi connectivity index (χ1n) is 7.87. The molecule has 0 aromatic heterocycles. The molecule has 1 aromatic rings. The molecule has 0 heterocycles. The molecule has 0 radical (unpaired) electrons. The van der Waals surface area contributed by atoms with Crippen molar-refractivity contribution in [2.45, 2.75) is 58.4 Å². The van der Waals surface area contributed by atoms with Gasteiger partial charge in [0, 0.05) is 6.04 Å². The summed E-state index contributed by atoms with van der Waals surface area (Å²) in [5.74, 6) is 1.33. The Hall–Kier alpha value is -0.930. The molecule has 3 nitrogen and oxygen atoms in total. The Morgan fingerprint density at radius 1 is 1.19 bits per heavy atom. The number of hydrogen-bond donors (Lipinski definition) is 1. The van der Waals surface area contributed by atoms with Crippen molar-refractivity contribution in [3.05, 3.63) is 22.7 Å². The molecule has 1 aromatic carbocycles. The van der Waals surface area contributed by atoms with E-state index in [1.165, 1.54) is 19.3 Å². The standard InChI is InChI=1S/C17H28ClNO2/c1-4-6-7-8-9-21-17-15(18)11-13(10-14(19)5-2)12-16(17)20-3/h11-12,14H,4-10,19H2,1-3H3. The summed E-state index contributed by atoms with van der Waals surface area (Å²) in [4.78, 5) is 0. The first-order chi connectivity index (χ1) is 10.1. The van der Waals surface area contributed by atoms with E-state index in [2.05, 4.69) is 13.8 Å². The molecule has 21 heavy (non-hydrogen) atoms. The van der Waals surface area contributed by atoms with Crippen LogP contribution in [0.3, 0.4) is 0 Å². The zero-order valence-electron chi connectivity index (χ0n) is 13.5. The molecule has 1 atom stereocenters. The van der Waals surface area contributed by atoms with Crippen molar-refractivity contribution in [1.82, 2.24) is 0 Å². The van der Waals surface area contributed by atoms with Crippen molar-refractivity contribution >= 4 is 11.6 Å². The number of rotatable bonds is 10. The summed E-state index contributed by atoms with van der Waals surface area (Å²) in [6.45, 7) is 4.95. The SMILES string of the molecule is CCCCCCOc1c(Cl)cc(CC(N)CC)cc1OC. The van der Waals surface area contributed by atoms with Crippen LogP contribution in [0.2, 0.25) is 5.02 Å². The molecule has 0 saturated carbocycles. The second kappa shape index (κ2) is 9.91. The third kappa shape index (κ3) is 6.15. The third-order valence-electron chi connectivity index (χ3n) is 3.56. The van der Waals surface area contributed by atoms with Crippen LogP contribution in [0.25, 0.3) is 0 Å². The maximum absolute atomic E-state index is 6.33. The van der Waals surface area contributed by atoms with Crippen molar-refractivity contribution in [2.24, 2.45) is 5.73 Å². The molecule has 2 N–H and O–H groups in total. The Bertz CT molecular complexity index is 423. The van der Waals surface area contributed by atoms with E-state index in [0.29, 0.717) is 23.1 Å². The van der Waals surface area contributed by atoms with Gasteiger partial charge >= 0.3 is 0 Å². The maximum atomic E-state index is 6.33. The number of halogens is 1. The fourth-order valence-corrected chi connectivity index (χ4v) is 2.47. The average Bonchev–Trinajstić information content (AvgIpc) is 2.48. The molecule has 4 heteroatoms. The lowest BCUT2D eigenvalue weighted by Gasteiger charge is -2.15. The lowest BCUT2D eigenvalue weighted by atomic mass is 10.0. The van der Waals surface area contributed by atoms with Gasteiger partial charge in [-0.05, 0) is 37.0 Å². The number of hydrogen-bond acceptors (Lipinski definition) is 3. The van der Waals surface area contributed by atoms with Crippen molar-refractivity contribution in [2.75, 3.05) is 13.7 Å². The third-order valence-corrected chi connectivity index (χ3v) is 3.84. The Morgan fingerprint density at radius 2 is 1.95 bits per heavy atom. The Morgan fingerprint density at radius 3 is 2.57 bits per heavy atom. The highest BCUT2D eigenvalue weighted by Gasteiger charge is 2.13. The summed E-state index contributed by atoms with van der Waals surface area (Å²) in [5, 5.41) is 0.600. The first-order valence-corrected chi connectivity index (χ1v) is 8.24. The average molecular weight is 314 g/mol. The van der Waals surface area contributed by atoms with Crippen LogP contribution in [-0.2, 0) is 6.42 Å². The Labute approximate surface area is 133 Å². The molecule has 1 unspecified atom stereocenters. The number of methoxy groups -OCH3 is 1. The van der Waals surface area contributed by atoms with Crippen LogP contribution >= 0.6 is 11.6 Å². The fourth-order valence-electron chi connectivity index (χ4n) is 2.18. The van der Waals surface area contributed by atoms with Crippen LogP contribution in [-0.4, -0.2) is 19.8 Å². The highest BCUT2D eigenvalue weighted by molar-refractivity contribution is 6.32. The minimum absolute atomic E-state index is 0.145. The lowest BCUT2D eigenvalue weighted by Crippen LogP contribution is -2.21. The van der Waals surface area contributed by atoms with Gasteiger partial charge in [0.05, 0.1) is 18.7 Å². The molecular formula is C17H28ClNO2. The smallest absolute Gasteiger partial charge is 0.179 e. The van der Waals surface area contributed by atoms with Crippen LogP contribution in [0.1, 0.15) is 51.5 Å². The minimum atomic E-state index is 0.145. The zero-order valence-corrected chi connectivity index (χ0v) is 14.2. The highest BCUT2D eigenvalue weighted by atomic mass is 35.5. The maximum Gasteiger partial charge on any atom is 0.179 e. The van der Waals surface area contributed by atoms with Gasteiger partial charge in [-0.15, -0.1) is 0 Å². The highest BCUT2D eigenvalue weighted by Crippen LogP contribution is 2.36. The van der Waals surface area contributed by atoms with Crippen molar-refractivity contribution < 1.29 is 9.47 Å². The molecule has 0 aliphatic heterocycles. The van der Waals surface area contributed by atoms with Gasteiger partial charge in [0.2, 0.25) is 0 Å². The second-order valence-electron chi connectivity index (χ2n) is 5.39. The molecule has 0 amide bonds. The van der Waals surface area contributed by atoms with Gasteiger partial charge in [-0.3, -0.25) is 0 Å². The Kier molecular flexibility index (Phi) is 8.55. The normalized spacial score (nSPS) is 12.2. The molecule has 120 valence electrons. The second-order valence-corrected chi connectivity index (χ2v) is 5.80. The van der Waals surface area contributed by atoms with Gasteiger partial charge in [0.15, 0.2) is 11.5 Å². The summed E-state index contributed by atoms with van der Waals surface area (Å²) in [6.07, 6.45) is 6.41. The van der Waals surface area contributed by atoms with E-state index in [9.17, 15) is 0 Å². The van der Waals surface area contributed by atoms with Crippen molar-refractivity contribution in [3.63, 3.8) is 0 Å². The summed E-state index contributed by atoms with van der Waals surface area (Å²) in [7, 11) is 1.64. The molecule has 0 aliphatic rings. The number of benzene rings is 1. The topological polar surface area (TPSA) is 44.5 Å². The van der Waals surface area contributed by atoms with Gasteiger partial charge in [-0.2, -0.15) is 0 Å². The largest absolute Gasteiger partial charge is 0.493 e. The molecule has 0 aliphatic carbocycles. The number of unbranched alkanes of at least 4 members (excludes halogenated alkanes) is 3. The molecule has 0 bridgehead atoms. The number of ether oxygens (including phenoxy) is 2. The van der Waals surface area contributed by atoms with E-state index in [1.807, 2.05) is 12.1 Å². The van der Waals surface area contributed by atoms with Crippen LogP contribution in [0.5, 0.6) is 11.5 Å². The molecule has 0 saturated heterocycles. The van der Waals surface area contributed by atoms with Crippen molar-refractivity contribution in [1.29, 1.82) is 0 Å². The van der Waals surface area contributed by atoms with Gasteiger partial charge < -0.3 is 15.2 Å². The summed E-state index contributed by atoms with van der Waals surface area (Å²) in [5.41, 5.74) is 7.08. The van der Waals surface area contributed by atoms with Crippen LogP contribution in [0, 0.1) is 0 Å². The molecule has 0 spiro atoms. The quantitative estimate of drug-likeness (QED) is 0.643. The molecular weight excluding hydrogens is 286 g/mol. The van der Waals surface area contributed by atoms with Crippen LogP contribution < -0.4 is 15.2 Å². The van der Waals surface area contributed by atoms with E-state index in [0.717, 1.165) is 24.8 Å². The minimum Gasteiger partial charge on any atom is -0.493 e. The van der Waals surface area contributed by atoms with Gasteiger partial charge in [0.1, 0.15) is 0 Å². The van der Waals surface area contributed by atoms with E-state index in [4.69, 9.17) is 26.8 Å². The van der Waals surface area contributed by atoms with E-state index >= 15 is 0 Å². The first kappa shape index (κ1) is 18.1. The summed E-state index contributed by atoms with van der Waals surface area (Å²) < 4.78 is 11.2. The fraction of sp³-hybridized carbons (Fsp3) is 0.647. The zero-order chi connectivity index (χ0) is 15.7. The van der Waals surface area contributed by atoms with Crippen LogP contribution in [0.15, 0.2) is 12.1 Å². The number of nitrogens with two attached hydrogens (primary N) is 1. The van der Waals surface area contributed by atoms with Crippen molar-refractivity contribution in [3.8, 4) is 11.5 Å². The molecule has 0 fully saturated rings. The predicted octanol–water partition coefficient (Wildman–Crippen LogP) is 4.59. The van der Waals surface area contributed by atoms with Crippen LogP contribution in [0.4, 0.5) is 0 Å². The molecule has 1 rings (SSSR count). The predicted molar refractivity (Wildman–Crippen MR) is 89.6 cm³/mol. The Balaban J connectivity index is 2.70. The van der Waals surface area contributed by atoms with Gasteiger partial charge in [-0.1, -0.05) is 44.7 Å². The summed E-state index contributed by atoms with van der Waals surface area (Å²) >= 11 is 6.33. The van der Waals surface area contributed by atoms with E-state index in [1.54, 1.807) is 7.11 Å². The van der Waals surface area contributed by atoms with Gasteiger partial charge in [0.25, 0.3) is 0 Å². The lowest BCUT2D eigenvalue weighted by molar-refractivity contribution is 0.285. The van der Waals surface area contributed by atoms with Gasteiger partial charge in [-0.25, -0.2) is 0 Å². The summed E-state index contributed by atoms with van der Waals surface area (Å²) in [6, 6.07) is 4.05.